The number of anilines is 1. The highest BCUT2D eigenvalue weighted by atomic mass is 16.2. The second kappa shape index (κ2) is 5.15. The molecule has 3 N–H and O–H groups in total. The molecule has 0 saturated heterocycles. The maximum absolute atomic E-state index is 12.7. The van der Waals surface area contributed by atoms with Crippen LogP contribution in [0.15, 0.2) is 18.2 Å². The van der Waals surface area contributed by atoms with Gasteiger partial charge < -0.3 is 10.6 Å². The van der Waals surface area contributed by atoms with Crippen LogP contribution in [0.1, 0.15) is 43.1 Å². The first-order chi connectivity index (χ1) is 9.70. The van der Waals surface area contributed by atoms with Crippen LogP contribution in [-0.2, 0) is 0 Å². The number of unbranched alkanes of at least 4 members (excludes halogenated alkanes) is 1. The summed E-state index contributed by atoms with van der Waals surface area (Å²) in [6.07, 6.45) is 4.34. The van der Waals surface area contributed by atoms with Crippen LogP contribution < -0.4 is 5.73 Å². The highest BCUT2D eigenvalue weighted by Gasteiger charge is 2.34. The summed E-state index contributed by atoms with van der Waals surface area (Å²) in [7, 11) is 0. The van der Waals surface area contributed by atoms with E-state index in [9.17, 15) is 4.79 Å². The van der Waals surface area contributed by atoms with E-state index in [-0.39, 0.29) is 5.91 Å². The van der Waals surface area contributed by atoms with Gasteiger partial charge in [0.1, 0.15) is 0 Å². The molecule has 0 bridgehead atoms. The Hall–Kier alpha value is -2.04. The van der Waals surface area contributed by atoms with E-state index in [1.54, 1.807) is 0 Å². The van der Waals surface area contributed by atoms with Crippen LogP contribution in [0.2, 0.25) is 0 Å². The molecule has 1 aromatic heterocycles. The molecule has 5 nitrogen and oxygen atoms in total. The zero-order valence-corrected chi connectivity index (χ0v) is 11.7. The molecule has 1 fully saturated rings. The predicted molar refractivity (Wildman–Crippen MR) is 79.5 cm³/mol. The molecule has 1 aliphatic rings. The number of nitrogens with one attached hydrogen (secondary N) is 1. The molecule has 1 amide bonds. The van der Waals surface area contributed by atoms with E-state index in [0.717, 1.165) is 43.1 Å². The van der Waals surface area contributed by atoms with Crippen molar-refractivity contribution < 1.29 is 4.79 Å². The molecule has 1 heterocycles. The average Bonchev–Trinajstić information content (AvgIpc) is 3.18. The number of nitrogens with zero attached hydrogens (tertiary/aromatic N) is 2. The van der Waals surface area contributed by atoms with Crippen LogP contribution in [0, 0.1) is 0 Å². The minimum Gasteiger partial charge on any atom is -0.399 e. The molecule has 0 aliphatic heterocycles. The first-order valence-corrected chi connectivity index (χ1v) is 7.25. The number of aromatic amines is 1. The summed E-state index contributed by atoms with van der Waals surface area (Å²) >= 11 is 0. The molecule has 0 radical (unpaired) electrons. The van der Waals surface area contributed by atoms with Crippen molar-refractivity contribution in [3.63, 3.8) is 0 Å². The number of nitrogen functional groups attached to an aromatic ring is 1. The SMILES string of the molecule is CCCCN(C(=O)c1n[nH]c2ccc(N)cc12)C1CC1. The van der Waals surface area contributed by atoms with Gasteiger partial charge in [-0.1, -0.05) is 13.3 Å². The van der Waals surface area contributed by atoms with Gasteiger partial charge in [0.2, 0.25) is 0 Å². The van der Waals surface area contributed by atoms with Crippen LogP contribution in [0.25, 0.3) is 10.9 Å². The van der Waals surface area contributed by atoms with Gasteiger partial charge in [-0.15, -0.1) is 0 Å². The Bertz CT molecular complexity index is 630. The molecule has 5 heteroatoms. The Kier molecular flexibility index (Phi) is 3.34. The fourth-order valence-electron chi connectivity index (χ4n) is 2.50. The smallest absolute Gasteiger partial charge is 0.275 e. The van der Waals surface area contributed by atoms with Crippen LogP contribution in [0.5, 0.6) is 0 Å². The lowest BCUT2D eigenvalue weighted by atomic mass is 10.1. The molecule has 20 heavy (non-hydrogen) atoms. The number of hydrogen-bond acceptors (Lipinski definition) is 3. The molecular formula is C15H20N4O. The van der Waals surface area contributed by atoms with Crippen LogP contribution in [0.4, 0.5) is 5.69 Å². The van der Waals surface area contributed by atoms with Gasteiger partial charge in [-0.25, -0.2) is 0 Å². The number of H-pyrrole nitrogens is 1. The number of carbonyl (C=O) groups is 1. The predicted octanol–water partition coefficient (Wildman–Crippen LogP) is 2.55. The monoisotopic (exact) mass is 272 g/mol. The molecule has 3 rings (SSSR count). The Morgan fingerprint density at radius 2 is 2.30 bits per heavy atom. The fraction of sp³-hybridized carbons (Fsp3) is 0.467. The summed E-state index contributed by atoms with van der Waals surface area (Å²) in [5.74, 6) is 0.0257. The molecule has 0 atom stereocenters. The zero-order valence-electron chi connectivity index (χ0n) is 11.7. The van der Waals surface area contributed by atoms with Crippen molar-refractivity contribution in [3.8, 4) is 0 Å². The lowest BCUT2D eigenvalue weighted by molar-refractivity contribution is 0.0736. The zero-order chi connectivity index (χ0) is 14.1. The highest BCUT2D eigenvalue weighted by Crippen LogP contribution is 2.30. The van der Waals surface area contributed by atoms with Gasteiger partial charge in [-0.2, -0.15) is 5.10 Å². The van der Waals surface area contributed by atoms with E-state index in [4.69, 9.17) is 5.73 Å². The first kappa shape index (κ1) is 13.0. The summed E-state index contributed by atoms with van der Waals surface area (Å²) in [4.78, 5) is 14.7. The number of amides is 1. The molecule has 106 valence electrons. The molecule has 2 aromatic rings. The molecule has 1 aromatic carbocycles. The molecular weight excluding hydrogens is 252 g/mol. The maximum Gasteiger partial charge on any atom is 0.275 e. The fourth-order valence-corrected chi connectivity index (χ4v) is 2.50. The number of aromatic nitrogens is 2. The normalized spacial score (nSPS) is 14.7. The third-order valence-electron chi connectivity index (χ3n) is 3.79. The van der Waals surface area contributed by atoms with Crippen molar-refractivity contribution in [3.05, 3.63) is 23.9 Å². The topological polar surface area (TPSA) is 75.0 Å². The second-order valence-corrected chi connectivity index (χ2v) is 5.46. The molecule has 0 unspecified atom stereocenters. The number of rotatable bonds is 5. The second-order valence-electron chi connectivity index (χ2n) is 5.46. The van der Waals surface area contributed by atoms with Crippen LogP contribution in [-0.4, -0.2) is 33.6 Å². The molecule has 1 saturated carbocycles. The third kappa shape index (κ3) is 2.35. The lowest BCUT2D eigenvalue weighted by Gasteiger charge is -2.21. The summed E-state index contributed by atoms with van der Waals surface area (Å²) in [6.45, 7) is 2.96. The van der Waals surface area contributed by atoms with E-state index in [2.05, 4.69) is 17.1 Å². The van der Waals surface area contributed by atoms with Crippen molar-refractivity contribution in [2.24, 2.45) is 0 Å². The third-order valence-corrected chi connectivity index (χ3v) is 3.79. The van der Waals surface area contributed by atoms with E-state index in [1.807, 2.05) is 23.1 Å². The Labute approximate surface area is 118 Å². The van der Waals surface area contributed by atoms with Crippen molar-refractivity contribution in [2.75, 3.05) is 12.3 Å². The van der Waals surface area contributed by atoms with Crippen molar-refractivity contribution in [1.82, 2.24) is 15.1 Å². The lowest BCUT2D eigenvalue weighted by Crippen LogP contribution is -2.34. The standard InChI is InChI=1S/C15H20N4O/c1-2-3-8-19(11-5-6-11)15(20)14-12-9-10(16)4-7-13(12)17-18-14/h4,7,9,11H,2-3,5-6,8,16H2,1H3,(H,17,18). The number of hydrogen-bond donors (Lipinski definition) is 2. The summed E-state index contributed by atoms with van der Waals surface area (Å²) in [5, 5.41) is 7.93. The summed E-state index contributed by atoms with van der Waals surface area (Å²) < 4.78 is 0. The van der Waals surface area contributed by atoms with Gasteiger partial charge in [-0.05, 0) is 37.5 Å². The number of benzene rings is 1. The van der Waals surface area contributed by atoms with E-state index in [0.29, 0.717) is 17.4 Å². The van der Waals surface area contributed by atoms with Gasteiger partial charge in [0.15, 0.2) is 5.69 Å². The maximum atomic E-state index is 12.7. The first-order valence-electron chi connectivity index (χ1n) is 7.25. The minimum absolute atomic E-state index is 0.0257. The number of fused-ring (bicyclic) bond motifs is 1. The van der Waals surface area contributed by atoms with E-state index < -0.39 is 0 Å². The van der Waals surface area contributed by atoms with Gasteiger partial charge >= 0.3 is 0 Å². The Morgan fingerprint density at radius 1 is 1.50 bits per heavy atom. The number of carbonyl (C=O) groups excluding carboxylic acids is 1. The highest BCUT2D eigenvalue weighted by molar-refractivity contribution is 6.05. The van der Waals surface area contributed by atoms with Gasteiger partial charge in [0, 0.05) is 23.7 Å². The van der Waals surface area contributed by atoms with Crippen molar-refractivity contribution >= 4 is 22.5 Å². The number of nitrogens with two attached hydrogens (primary N) is 1. The Balaban J connectivity index is 1.92. The average molecular weight is 272 g/mol. The van der Waals surface area contributed by atoms with Gasteiger partial charge in [-0.3, -0.25) is 9.89 Å². The quantitative estimate of drug-likeness (QED) is 0.821. The van der Waals surface area contributed by atoms with Crippen LogP contribution >= 0.6 is 0 Å². The Morgan fingerprint density at radius 3 is 3.00 bits per heavy atom. The van der Waals surface area contributed by atoms with Gasteiger partial charge in [0.05, 0.1) is 5.52 Å². The minimum atomic E-state index is 0.0257. The van der Waals surface area contributed by atoms with Crippen molar-refractivity contribution in [1.29, 1.82) is 0 Å². The molecule has 0 spiro atoms. The van der Waals surface area contributed by atoms with Gasteiger partial charge in [0.25, 0.3) is 5.91 Å². The summed E-state index contributed by atoms with van der Waals surface area (Å²) in [5.41, 5.74) is 7.82. The van der Waals surface area contributed by atoms with E-state index >= 15 is 0 Å². The molecule has 1 aliphatic carbocycles. The van der Waals surface area contributed by atoms with Crippen molar-refractivity contribution in [2.45, 2.75) is 38.6 Å². The van der Waals surface area contributed by atoms with Crippen LogP contribution in [0.3, 0.4) is 0 Å². The summed E-state index contributed by atoms with van der Waals surface area (Å²) in [6, 6.07) is 5.89. The van der Waals surface area contributed by atoms with E-state index in [1.165, 1.54) is 0 Å². The largest absolute Gasteiger partial charge is 0.399 e.